The molecular formula is C13H23NO2. The Morgan fingerprint density at radius 1 is 1.50 bits per heavy atom. The summed E-state index contributed by atoms with van der Waals surface area (Å²) >= 11 is 0. The van der Waals surface area contributed by atoms with Crippen LogP contribution in [-0.4, -0.2) is 25.2 Å². The Kier molecular flexibility index (Phi) is 6.16. The van der Waals surface area contributed by atoms with Crippen molar-refractivity contribution < 1.29 is 9.53 Å². The summed E-state index contributed by atoms with van der Waals surface area (Å²) < 4.78 is 5.03. The third-order valence-electron chi connectivity index (χ3n) is 2.64. The molecule has 1 aliphatic carbocycles. The number of nitrogens with one attached hydrogen (secondary N) is 1. The van der Waals surface area contributed by atoms with Crippen LogP contribution in [0.4, 0.5) is 0 Å². The molecule has 0 fully saturated rings. The second-order valence-electron chi connectivity index (χ2n) is 4.57. The molecule has 0 aliphatic heterocycles. The lowest BCUT2D eigenvalue weighted by atomic mass is 9.97. The van der Waals surface area contributed by atoms with Crippen LogP contribution >= 0.6 is 0 Å². The number of ether oxygens (including phenoxy) is 1. The number of hydrogen-bond donors (Lipinski definition) is 1. The van der Waals surface area contributed by atoms with Gasteiger partial charge in [-0.2, -0.15) is 0 Å². The molecule has 0 heterocycles. The fraction of sp³-hybridized carbons (Fsp3) is 0.769. The maximum Gasteiger partial charge on any atom is 0.320 e. The second kappa shape index (κ2) is 7.44. The quantitative estimate of drug-likeness (QED) is 0.428. The maximum absolute atomic E-state index is 11.2. The molecule has 1 N–H and O–H groups in total. The SMILES string of the molecule is CC(C)OC(=O)CNCCC1=CCCCC1. The largest absolute Gasteiger partial charge is 0.462 e. The van der Waals surface area contributed by atoms with Crippen molar-refractivity contribution in [2.45, 2.75) is 52.1 Å². The molecule has 0 saturated heterocycles. The van der Waals surface area contributed by atoms with E-state index in [1.807, 2.05) is 13.8 Å². The lowest BCUT2D eigenvalue weighted by Gasteiger charge is -2.13. The van der Waals surface area contributed by atoms with Gasteiger partial charge in [-0.05, 0) is 52.5 Å². The topological polar surface area (TPSA) is 38.3 Å². The molecule has 0 amide bonds. The molecule has 0 atom stereocenters. The summed E-state index contributed by atoms with van der Waals surface area (Å²) in [5, 5.41) is 3.12. The van der Waals surface area contributed by atoms with Gasteiger partial charge in [0.2, 0.25) is 0 Å². The van der Waals surface area contributed by atoms with E-state index in [4.69, 9.17) is 4.74 Å². The summed E-state index contributed by atoms with van der Waals surface area (Å²) in [5.41, 5.74) is 1.54. The Morgan fingerprint density at radius 2 is 2.31 bits per heavy atom. The fourth-order valence-electron chi connectivity index (χ4n) is 1.88. The Bertz CT molecular complexity index is 246. The lowest BCUT2D eigenvalue weighted by Crippen LogP contribution is -2.27. The highest BCUT2D eigenvalue weighted by atomic mass is 16.5. The first kappa shape index (κ1) is 13.2. The number of esters is 1. The molecule has 1 aliphatic rings. The van der Waals surface area contributed by atoms with Gasteiger partial charge in [-0.1, -0.05) is 11.6 Å². The van der Waals surface area contributed by atoms with Crippen LogP contribution in [0.1, 0.15) is 46.0 Å². The normalized spacial score (nSPS) is 16.1. The molecule has 0 saturated carbocycles. The number of hydrogen-bond acceptors (Lipinski definition) is 3. The molecule has 3 nitrogen and oxygen atoms in total. The molecule has 92 valence electrons. The first-order valence-electron chi connectivity index (χ1n) is 6.26. The molecular weight excluding hydrogens is 202 g/mol. The van der Waals surface area contributed by atoms with Gasteiger partial charge in [0.05, 0.1) is 12.6 Å². The van der Waals surface area contributed by atoms with Gasteiger partial charge >= 0.3 is 5.97 Å². The molecule has 0 aromatic carbocycles. The van der Waals surface area contributed by atoms with Crippen LogP contribution < -0.4 is 5.32 Å². The van der Waals surface area contributed by atoms with E-state index in [9.17, 15) is 4.79 Å². The number of carbonyl (C=O) groups is 1. The van der Waals surface area contributed by atoms with Gasteiger partial charge in [0.15, 0.2) is 0 Å². The van der Waals surface area contributed by atoms with Crippen molar-refractivity contribution in [2.75, 3.05) is 13.1 Å². The third kappa shape index (κ3) is 5.91. The molecule has 16 heavy (non-hydrogen) atoms. The van der Waals surface area contributed by atoms with E-state index >= 15 is 0 Å². The molecule has 0 spiro atoms. The lowest BCUT2D eigenvalue weighted by molar-refractivity contribution is -0.146. The van der Waals surface area contributed by atoms with E-state index in [1.54, 1.807) is 0 Å². The monoisotopic (exact) mass is 225 g/mol. The molecule has 0 unspecified atom stereocenters. The molecule has 0 aromatic rings. The number of allylic oxidation sites excluding steroid dienone is 1. The highest BCUT2D eigenvalue weighted by molar-refractivity contribution is 5.71. The van der Waals surface area contributed by atoms with Crippen LogP contribution in [0.3, 0.4) is 0 Å². The molecule has 3 heteroatoms. The van der Waals surface area contributed by atoms with E-state index in [0.29, 0.717) is 6.54 Å². The minimum absolute atomic E-state index is 0.0182. The highest BCUT2D eigenvalue weighted by Crippen LogP contribution is 2.19. The van der Waals surface area contributed by atoms with Crippen LogP contribution in [0.25, 0.3) is 0 Å². The third-order valence-corrected chi connectivity index (χ3v) is 2.64. The van der Waals surface area contributed by atoms with Gasteiger partial charge in [-0.3, -0.25) is 4.79 Å². The predicted octanol–water partition coefficient (Wildman–Crippen LogP) is 2.42. The Balaban J connectivity index is 2.03. The molecule has 0 radical (unpaired) electrons. The minimum atomic E-state index is -0.160. The first-order valence-corrected chi connectivity index (χ1v) is 6.26. The molecule has 0 aromatic heterocycles. The Hall–Kier alpha value is -0.830. The van der Waals surface area contributed by atoms with Crippen LogP contribution in [0.5, 0.6) is 0 Å². The summed E-state index contributed by atoms with van der Waals surface area (Å²) in [6.45, 7) is 4.93. The smallest absolute Gasteiger partial charge is 0.320 e. The van der Waals surface area contributed by atoms with Crippen molar-refractivity contribution in [1.29, 1.82) is 0 Å². The van der Waals surface area contributed by atoms with E-state index < -0.39 is 0 Å². The van der Waals surface area contributed by atoms with E-state index in [1.165, 1.54) is 31.3 Å². The molecule has 0 bridgehead atoms. The summed E-state index contributed by atoms with van der Waals surface area (Å²) in [4.78, 5) is 11.2. The zero-order valence-corrected chi connectivity index (χ0v) is 10.4. The summed E-state index contributed by atoms with van der Waals surface area (Å²) in [6.07, 6.45) is 8.50. The van der Waals surface area contributed by atoms with Crippen LogP contribution in [0, 0.1) is 0 Å². The van der Waals surface area contributed by atoms with Gasteiger partial charge in [0.25, 0.3) is 0 Å². The standard InChI is InChI=1S/C13H23NO2/c1-11(2)16-13(15)10-14-9-8-12-6-4-3-5-7-12/h6,11,14H,3-5,7-10H2,1-2H3. The maximum atomic E-state index is 11.2. The van der Waals surface area contributed by atoms with Gasteiger partial charge in [0.1, 0.15) is 0 Å². The first-order chi connectivity index (χ1) is 7.68. The van der Waals surface area contributed by atoms with Crippen molar-refractivity contribution in [1.82, 2.24) is 5.32 Å². The van der Waals surface area contributed by atoms with Gasteiger partial charge in [-0.15, -0.1) is 0 Å². The van der Waals surface area contributed by atoms with Crippen molar-refractivity contribution in [2.24, 2.45) is 0 Å². The van der Waals surface area contributed by atoms with Crippen LogP contribution in [0.2, 0.25) is 0 Å². The van der Waals surface area contributed by atoms with Gasteiger partial charge < -0.3 is 10.1 Å². The van der Waals surface area contributed by atoms with Crippen LogP contribution in [0.15, 0.2) is 11.6 Å². The van der Waals surface area contributed by atoms with Crippen molar-refractivity contribution >= 4 is 5.97 Å². The second-order valence-corrected chi connectivity index (χ2v) is 4.57. The van der Waals surface area contributed by atoms with E-state index in [2.05, 4.69) is 11.4 Å². The Labute approximate surface area is 98.2 Å². The van der Waals surface area contributed by atoms with Gasteiger partial charge in [-0.25, -0.2) is 0 Å². The molecule has 1 rings (SSSR count). The number of rotatable bonds is 6. The van der Waals surface area contributed by atoms with Gasteiger partial charge in [0, 0.05) is 0 Å². The minimum Gasteiger partial charge on any atom is -0.462 e. The van der Waals surface area contributed by atoms with Crippen molar-refractivity contribution in [3.05, 3.63) is 11.6 Å². The van der Waals surface area contributed by atoms with E-state index in [-0.39, 0.29) is 12.1 Å². The van der Waals surface area contributed by atoms with Crippen molar-refractivity contribution in [3.63, 3.8) is 0 Å². The average molecular weight is 225 g/mol. The van der Waals surface area contributed by atoms with E-state index in [0.717, 1.165) is 13.0 Å². The Morgan fingerprint density at radius 3 is 2.94 bits per heavy atom. The zero-order valence-electron chi connectivity index (χ0n) is 10.4. The summed E-state index contributed by atoms with van der Waals surface area (Å²) in [7, 11) is 0. The summed E-state index contributed by atoms with van der Waals surface area (Å²) in [6, 6.07) is 0. The number of carbonyl (C=O) groups excluding carboxylic acids is 1. The fourth-order valence-corrected chi connectivity index (χ4v) is 1.88. The summed E-state index contributed by atoms with van der Waals surface area (Å²) in [5.74, 6) is -0.160. The van der Waals surface area contributed by atoms with Crippen molar-refractivity contribution in [3.8, 4) is 0 Å². The predicted molar refractivity (Wildman–Crippen MR) is 65.3 cm³/mol. The van der Waals surface area contributed by atoms with Crippen LogP contribution in [-0.2, 0) is 9.53 Å². The average Bonchev–Trinajstić information content (AvgIpc) is 2.25. The zero-order chi connectivity index (χ0) is 11.8. The highest BCUT2D eigenvalue weighted by Gasteiger charge is 2.06.